The molecule has 0 spiro atoms. The minimum Gasteiger partial charge on any atom is -0.510 e. The molecule has 1 saturated carbocycles. The Kier molecular flexibility index (Phi) is 1.81. The molecule has 2 N–H and O–H groups in total. The molecule has 0 unspecified atom stereocenters. The van der Waals surface area contributed by atoms with Crippen LogP contribution in [-0.2, 0) is 4.79 Å². The number of carboxylic acids is 1. The first kappa shape index (κ1) is 7.61. The van der Waals surface area contributed by atoms with Crippen LogP contribution in [0.15, 0.2) is 11.3 Å². The molecule has 0 atom stereocenters. The summed E-state index contributed by atoms with van der Waals surface area (Å²) >= 11 is 0. The lowest BCUT2D eigenvalue weighted by molar-refractivity contribution is -0.132. The highest BCUT2D eigenvalue weighted by Crippen LogP contribution is 2.36. The molecule has 0 bridgehead atoms. The predicted octanol–water partition coefficient (Wildman–Crippen LogP) is 0.817. The summed E-state index contributed by atoms with van der Waals surface area (Å²) in [5, 5.41) is 25.8. The van der Waals surface area contributed by atoms with Crippen molar-refractivity contribution in [1.29, 1.82) is 5.26 Å². The monoisotopic (exact) mass is 153 g/mol. The summed E-state index contributed by atoms with van der Waals surface area (Å²) in [6, 6.07) is 1.45. The number of aliphatic carboxylic acids is 1. The van der Waals surface area contributed by atoms with Gasteiger partial charge in [-0.15, -0.1) is 0 Å². The van der Waals surface area contributed by atoms with E-state index in [0.29, 0.717) is 0 Å². The van der Waals surface area contributed by atoms with Crippen LogP contribution in [0.4, 0.5) is 0 Å². The summed E-state index contributed by atoms with van der Waals surface area (Å²) in [6.45, 7) is 0. The number of aliphatic hydroxyl groups excluding tert-OH is 1. The zero-order valence-corrected chi connectivity index (χ0v) is 5.74. The highest BCUT2D eigenvalue weighted by molar-refractivity contribution is 5.91. The average molecular weight is 153 g/mol. The third-order valence-electron chi connectivity index (χ3n) is 1.55. The molecule has 0 aromatic rings. The van der Waals surface area contributed by atoms with Gasteiger partial charge in [0.05, 0.1) is 0 Å². The lowest BCUT2D eigenvalue weighted by Crippen LogP contribution is -2.03. The molecule has 0 heterocycles. The Labute approximate surface area is 63.4 Å². The molecule has 1 rings (SSSR count). The number of hydrogen-bond donors (Lipinski definition) is 2. The first-order chi connectivity index (χ1) is 5.16. The predicted molar refractivity (Wildman–Crippen MR) is 35.6 cm³/mol. The first-order valence-electron chi connectivity index (χ1n) is 3.23. The van der Waals surface area contributed by atoms with Crippen LogP contribution >= 0.6 is 0 Å². The summed E-state index contributed by atoms with van der Waals surface area (Å²) < 4.78 is 0. The van der Waals surface area contributed by atoms with E-state index >= 15 is 0 Å². The maximum Gasteiger partial charge on any atom is 0.349 e. The maximum absolute atomic E-state index is 10.3. The van der Waals surface area contributed by atoms with Gasteiger partial charge in [0.15, 0.2) is 5.57 Å². The van der Waals surface area contributed by atoms with Crippen LogP contribution in [-0.4, -0.2) is 16.2 Å². The van der Waals surface area contributed by atoms with Crippen molar-refractivity contribution in [3.05, 3.63) is 11.3 Å². The van der Waals surface area contributed by atoms with E-state index in [1.807, 2.05) is 0 Å². The van der Waals surface area contributed by atoms with E-state index in [0.717, 1.165) is 12.8 Å². The van der Waals surface area contributed by atoms with E-state index in [1.54, 1.807) is 0 Å². The standard InChI is InChI=1S/C7H7NO3/c8-3-5(7(10)11)6(9)4-1-2-4/h4,9H,1-2H2,(H,10,11)/b6-5+. The number of hydrogen-bond acceptors (Lipinski definition) is 3. The van der Waals surface area contributed by atoms with Crippen molar-refractivity contribution in [3.8, 4) is 6.07 Å². The molecule has 0 radical (unpaired) electrons. The minimum absolute atomic E-state index is 0.0826. The molecule has 0 saturated heterocycles. The summed E-state index contributed by atoms with van der Waals surface area (Å²) in [5.74, 6) is -1.70. The molecule has 0 aromatic carbocycles. The fraction of sp³-hybridized carbons (Fsp3) is 0.429. The Morgan fingerprint density at radius 1 is 1.45 bits per heavy atom. The van der Waals surface area contributed by atoms with Gasteiger partial charge in [-0.25, -0.2) is 4.79 Å². The number of nitriles is 1. The lowest BCUT2D eigenvalue weighted by Gasteiger charge is -1.95. The van der Waals surface area contributed by atoms with Crippen molar-refractivity contribution < 1.29 is 15.0 Å². The van der Waals surface area contributed by atoms with Crippen LogP contribution in [0.1, 0.15) is 12.8 Å². The summed E-state index contributed by atoms with van der Waals surface area (Å²) in [5.41, 5.74) is -0.521. The molecule has 1 aliphatic rings. The van der Waals surface area contributed by atoms with Crippen molar-refractivity contribution in [2.45, 2.75) is 12.8 Å². The first-order valence-corrected chi connectivity index (χ1v) is 3.23. The van der Waals surface area contributed by atoms with Crippen LogP contribution in [0.3, 0.4) is 0 Å². The smallest absolute Gasteiger partial charge is 0.349 e. The Bertz CT molecular complexity index is 257. The third-order valence-corrected chi connectivity index (χ3v) is 1.55. The quantitative estimate of drug-likeness (QED) is 0.349. The van der Waals surface area contributed by atoms with E-state index < -0.39 is 11.5 Å². The number of allylic oxidation sites excluding steroid dienone is 1. The van der Waals surface area contributed by atoms with Crippen molar-refractivity contribution in [1.82, 2.24) is 0 Å². The molecule has 4 heteroatoms. The van der Waals surface area contributed by atoms with E-state index in [1.165, 1.54) is 6.07 Å². The van der Waals surface area contributed by atoms with Crippen molar-refractivity contribution in [2.24, 2.45) is 5.92 Å². The minimum atomic E-state index is -1.35. The molecule has 4 nitrogen and oxygen atoms in total. The van der Waals surface area contributed by atoms with Gasteiger partial charge in [-0.3, -0.25) is 0 Å². The zero-order chi connectivity index (χ0) is 8.43. The second kappa shape index (κ2) is 2.62. The van der Waals surface area contributed by atoms with Crippen LogP contribution in [0.5, 0.6) is 0 Å². The highest BCUT2D eigenvalue weighted by atomic mass is 16.4. The normalized spacial score (nSPS) is 18.5. The molecule has 0 aromatic heterocycles. The van der Waals surface area contributed by atoms with Crippen LogP contribution < -0.4 is 0 Å². The average Bonchev–Trinajstić information content (AvgIpc) is 2.68. The molecule has 1 fully saturated rings. The number of carboxylic acid groups (broad SMARTS) is 1. The van der Waals surface area contributed by atoms with Gasteiger partial charge < -0.3 is 10.2 Å². The molecular formula is C7H7NO3. The Balaban J connectivity index is 2.88. The van der Waals surface area contributed by atoms with Crippen molar-refractivity contribution in [3.63, 3.8) is 0 Å². The second-order valence-corrected chi connectivity index (χ2v) is 2.45. The molecule has 58 valence electrons. The lowest BCUT2D eigenvalue weighted by atomic mass is 10.2. The SMILES string of the molecule is N#C/C(C(=O)O)=C(\O)C1CC1. The van der Waals surface area contributed by atoms with E-state index in [4.69, 9.17) is 15.5 Å². The van der Waals surface area contributed by atoms with E-state index in [9.17, 15) is 4.79 Å². The van der Waals surface area contributed by atoms with Gasteiger partial charge in [0.2, 0.25) is 0 Å². The molecular weight excluding hydrogens is 146 g/mol. The number of nitrogens with zero attached hydrogens (tertiary/aromatic N) is 1. The summed E-state index contributed by atoms with van der Waals surface area (Å²) in [7, 11) is 0. The van der Waals surface area contributed by atoms with Gasteiger partial charge in [0.25, 0.3) is 0 Å². The zero-order valence-electron chi connectivity index (χ0n) is 5.74. The van der Waals surface area contributed by atoms with Gasteiger partial charge in [-0.05, 0) is 12.8 Å². The summed E-state index contributed by atoms with van der Waals surface area (Å²) in [4.78, 5) is 10.3. The van der Waals surface area contributed by atoms with Crippen molar-refractivity contribution in [2.75, 3.05) is 0 Å². The second-order valence-electron chi connectivity index (χ2n) is 2.45. The topological polar surface area (TPSA) is 81.3 Å². The van der Waals surface area contributed by atoms with Gasteiger partial charge in [-0.1, -0.05) is 0 Å². The van der Waals surface area contributed by atoms with Gasteiger partial charge in [0, 0.05) is 5.92 Å². The van der Waals surface area contributed by atoms with Crippen LogP contribution in [0.2, 0.25) is 0 Å². The Morgan fingerprint density at radius 2 is 2.00 bits per heavy atom. The van der Waals surface area contributed by atoms with Gasteiger partial charge in [-0.2, -0.15) is 5.26 Å². The third kappa shape index (κ3) is 1.49. The van der Waals surface area contributed by atoms with Crippen molar-refractivity contribution >= 4 is 5.97 Å². The summed E-state index contributed by atoms with van der Waals surface area (Å²) in [6.07, 6.45) is 1.56. The fourth-order valence-corrected chi connectivity index (χ4v) is 0.776. The molecule has 1 aliphatic carbocycles. The van der Waals surface area contributed by atoms with Crippen LogP contribution in [0.25, 0.3) is 0 Å². The Morgan fingerprint density at radius 3 is 2.27 bits per heavy atom. The number of aliphatic hydroxyl groups is 1. The maximum atomic E-state index is 10.3. The van der Waals surface area contributed by atoms with Gasteiger partial charge >= 0.3 is 5.97 Å². The Hall–Kier alpha value is -1.50. The number of carbonyl (C=O) groups is 1. The van der Waals surface area contributed by atoms with Crippen LogP contribution in [0, 0.1) is 17.2 Å². The molecule has 0 aliphatic heterocycles. The highest BCUT2D eigenvalue weighted by Gasteiger charge is 2.30. The molecule has 0 amide bonds. The van der Waals surface area contributed by atoms with E-state index in [-0.39, 0.29) is 11.7 Å². The number of rotatable bonds is 2. The van der Waals surface area contributed by atoms with Gasteiger partial charge in [0.1, 0.15) is 11.8 Å². The fourth-order valence-electron chi connectivity index (χ4n) is 0.776. The largest absolute Gasteiger partial charge is 0.510 e. The molecule has 11 heavy (non-hydrogen) atoms. The van der Waals surface area contributed by atoms with E-state index in [2.05, 4.69) is 0 Å².